The molecule has 0 aliphatic heterocycles. The Labute approximate surface area is 258 Å². The largest absolute Gasteiger partial charge is 0.494 e. The molecule has 0 aliphatic rings. The smallest absolute Gasteiger partial charge is 0.389 e. The van der Waals surface area contributed by atoms with Gasteiger partial charge in [-0.3, -0.25) is 0 Å². The van der Waals surface area contributed by atoms with Crippen LogP contribution in [0.1, 0.15) is 64.8 Å². The highest BCUT2D eigenvalue weighted by molar-refractivity contribution is 5.92. The average molecular weight is 629 g/mol. The molecule has 0 fully saturated rings. The molecule has 0 saturated carbocycles. The van der Waals surface area contributed by atoms with Crippen LogP contribution in [0, 0.1) is 0 Å². The summed E-state index contributed by atoms with van der Waals surface area (Å²) in [4.78, 5) is 36.5. The van der Waals surface area contributed by atoms with E-state index in [4.69, 9.17) is 30.4 Å². The normalized spacial score (nSPS) is 11.3. The number of anilines is 2. The molecule has 0 unspecified atom stereocenters. The van der Waals surface area contributed by atoms with Crippen LogP contribution in [0.15, 0.2) is 72.8 Å². The molecule has 12 heteroatoms. The number of carbonyl (C=O) groups excluding carboxylic acids is 3. The third-order valence-corrected chi connectivity index (χ3v) is 6.20. The summed E-state index contributed by atoms with van der Waals surface area (Å²) < 4.78 is 57.7. The lowest BCUT2D eigenvalue weighted by Crippen LogP contribution is -2.09. The summed E-state index contributed by atoms with van der Waals surface area (Å²) in [7, 11) is 0. The fraction of sp³-hybridized carbons (Fsp3) is 0.303. The topological polar surface area (TPSA) is 140 Å². The summed E-state index contributed by atoms with van der Waals surface area (Å²) >= 11 is 0. The first-order chi connectivity index (χ1) is 21.5. The van der Waals surface area contributed by atoms with Crippen molar-refractivity contribution in [3.05, 3.63) is 89.5 Å². The van der Waals surface area contributed by atoms with E-state index in [0.29, 0.717) is 53.3 Å². The van der Waals surface area contributed by atoms with Gasteiger partial charge in [-0.25, -0.2) is 14.4 Å². The predicted molar refractivity (Wildman–Crippen MR) is 163 cm³/mol. The van der Waals surface area contributed by atoms with Gasteiger partial charge in [0.15, 0.2) is 0 Å². The fourth-order valence-corrected chi connectivity index (χ4v) is 3.93. The van der Waals surface area contributed by atoms with Crippen molar-refractivity contribution < 1.29 is 46.5 Å². The van der Waals surface area contributed by atoms with Crippen LogP contribution in [0.5, 0.6) is 11.5 Å². The number of esters is 3. The first-order valence-corrected chi connectivity index (χ1v) is 14.3. The van der Waals surface area contributed by atoms with Gasteiger partial charge in [-0.05, 0) is 98.3 Å². The molecule has 0 spiro atoms. The molecule has 0 radical (unpaired) electrons. The third kappa shape index (κ3) is 13.5. The predicted octanol–water partition coefficient (Wildman–Crippen LogP) is 6.77. The number of hydrogen-bond acceptors (Lipinski definition) is 9. The van der Waals surface area contributed by atoms with Crippen molar-refractivity contribution in [2.75, 3.05) is 31.3 Å². The Morgan fingerprint density at radius 1 is 0.667 bits per heavy atom. The van der Waals surface area contributed by atoms with Gasteiger partial charge in [0, 0.05) is 23.9 Å². The maximum atomic E-state index is 12.4. The van der Waals surface area contributed by atoms with Crippen LogP contribution in [-0.2, 0) is 14.3 Å². The summed E-state index contributed by atoms with van der Waals surface area (Å²) in [6.45, 7) is 0.572. The summed E-state index contributed by atoms with van der Waals surface area (Å²) in [6, 6.07) is 17.1. The van der Waals surface area contributed by atoms with Gasteiger partial charge in [0.2, 0.25) is 0 Å². The highest BCUT2D eigenvalue weighted by atomic mass is 19.4. The van der Waals surface area contributed by atoms with Crippen molar-refractivity contribution in [3.8, 4) is 11.5 Å². The van der Waals surface area contributed by atoms with Crippen molar-refractivity contribution in [1.29, 1.82) is 0 Å². The molecule has 0 atom stereocenters. The van der Waals surface area contributed by atoms with E-state index in [2.05, 4.69) is 0 Å². The van der Waals surface area contributed by atoms with Crippen LogP contribution >= 0.6 is 0 Å². The maximum Gasteiger partial charge on any atom is 0.389 e. The molecule has 3 rings (SSSR count). The standard InChI is InChI=1S/C33H35F3N2O7/c34-33(35,36)16-2-5-17-42-28-13-9-24(10-14-28)32(41)45-29-11-6-23(7-12-29)8-15-30(39)43-18-3-1-4-19-44-31(40)25-20-26(37)22-27(38)21-25/h6-15,20-22H,1-5,16-19,37-38H2/b15-8+. The molecular formula is C33H35F3N2O7. The summed E-state index contributed by atoms with van der Waals surface area (Å²) in [6.07, 6.45) is -0.0162. The Morgan fingerprint density at radius 3 is 1.91 bits per heavy atom. The van der Waals surface area contributed by atoms with E-state index in [0.717, 1.165) is 0 Å². The van der Waals surface area contributed by atoms with Crippen molar-refractivity contribution in [1.82, 2.24) is 0 Å². The molecule has 4 N–H and O–H groups in total. The molecule has 3 aromatic rings. The van der Waals surface area contributed by atoms with E-state index >= 15 is 0 Å². The molecule has 0 aromatic heterocycles. The summed E-state index contributed by atoms with van der Waals surface area (Å²) in [5.74, 6) is -0.871. The van der Waals surface area contributed by atoms with Crippen LogP contribution in [0.3, 0.4) is 0 Å². The van der Waals surface area contributed by atoms with E-state index in [9.17, 15) is 27.6 Å². The lowest BCUT2D eigenvalue weighted by atomic mass is 10.2. The van der Waals surface area contributed by atoms with Gasteiger partial charge in [-0.15, -0.1) is 0 Å². The lowest BCUT2D eigenvalue weighted by molar-refractivity contribution is -0.138. The number of alkyl halides is 3. The molecule has 0 amide bonds. The Morgan fingerprint density at radius 2 is 1.27 bits per heavy atom. The van der Waals surface area contributed by atoms with Crippen LogP contribution < -0.4 is 20.9 Å². The SMILES string of the molecule is Nc1cc(N)cc(C(=O)OCCCCCOC(=O)/C=C/c2ccc(OC(=O)c3ccc(OCCCCC(F)(F)F)cc3)cc2)c1. The van der Waals surface area contributed by atoms with Gasteiger partial charge in [0.05, 0.1) is 30.9 Å². The maximum absolute atomic E-state index is 12.4. The van der Waals surface area contributed by atoms with Crippen molar-refractivity contribution in [3.63, 3.8) is 0 Å². The van der Waals surface area contributed by atoms with Crippen molar-refractivity contribution >= 4 is 35.4 Å². The minimum absolute atomic E-state index is 0.0139. The Balaban J connectivity index is 1.29. The van der Waals surface area contributed by atoms with E-state index in [1.807, 2.05) is 0 Å². The zero-order valence-electron chi connectivity index (χ0n) is 24.5. The quantitative estimate of drug-likeness (QED) is 0.0578. The second kappa shape index (κ2) is 17.3. The molecule has 0 saturated heterocycles. The molecule has 3 aromatic carbocycles. The Bertz CT molecular complexity index is 1420. The second-order valence-electron chi connectivity index (χ2n) is 9.99. The Kier molecular flexibility index (Phi) is 13.3. The van der Waals surface area contributed by atoms with Gasteiger partial charge in [0.1, 0.15) is 11.5 Å². The van der Waals surface area contributed by atoms with Gasteiger partial charge >= 0.3 is 24.1 Å². The number of halogens is 3. The van der Waals surface area contributed by atoms with E-state index < -0.39 is 30.5 Å². The number of nitrogen functional groups attached to an aromatic ring is 2. The van der Waals surface area contributed by atoms with Gasteiger partial charge in [-0.1, -0.05) is 12.1 Å². The zero-order valence-corrected chi connectivity index (χ0v) is 24.5. The van der Waals surface area contributed by atoms with Crippen LogP contribution in [0.25, 0.3) is 6.08 Å². The third-order valence-electron chi connectivity index (χ3n) is 6.20. The number of nitrogens with two attached hydrogens (primary N) is 2. The number of hydrogen-bond donors (Lipinski definition) is 2. The van der Waals surface area contributed by atoms with Crippen LogP contribution in [-0.4, -0.2) is 43.9 Å². The highest BCUT2D eigenvalue weighted by Crippen LogP contribution is 2.23. The van der Waals surface area contributed by atoms with Crippen LogP contribution in [0.4, 0.5) is 24.5 Å². The van der Waals surface area contributed by atoms with Crippen molar-refractivity contribution in [2.45, 2.75) is 44.7 Å². The van der Waals surface area contributed by atoms with Gasteiger partial charge < -0.3 is 30.4 Å². The number of ether oxygens (including phenoxy) is 4. The minimum Gasteiger partial charge on any atom is -0.494 e. The molecule has 0 heterocycles. The van der Waals surface area contributed by atoms with E-state index in [1.165, 1.54) is 30.3 Å². The Hall–Kier alpha value is -5.00. The second-order valence-corrected chi connectivity index (χ2v) is 9.99. The molecule has 0 aliphatic carbocycles. The number of unbranched alkanes of at least 4 members (excludes halogenated alkanes) is 3. The first-order valence-electron chi connectivity index (χ1n) is 14.3. The first kappa shape index (κ1) is 34.5. The van der Waals surface area contributed by atoms with E-state index in [-0.39, 0.29) is 38.2 Å². The van der Waals surface area contributed by atoms with E-state index in [1.54, 1.807) is 48.5 Å². The minimum atomic E-state index is -4.17. The highest BCUT2D eigenvalue weighted by Gasteiger charge is 2.25. The number of carbonyl (C=O) groups is 3. The van der Waals surface area contributed by atoms with Gasteiger partial charge in [-0.2, -0.15) is 13.2 Å². The average Bonchev–Trinajstić information content (AvgIpc) is 2.99. The molecule has 0 bridgehead atoms. The molecule has 9 nitrogen and oxygen atoms in total. The summed E-state index contributed by atoms with van der Waals surface area (Å²) in [5.41, 5.74) is 13.4. The fourth-order valence-electron chi connectivity index (χ4n) is 3.93. The lowest BCUT2D eigenvalue weighted by Gasteiger charge is -2.09. The number of benzene rings is 3. The van der Waals surface area contributed by atoms with Crippen molar-refractivity contribution in [2.24, 2.45) is 0 Å². The molecular weight excluding hydrogens is 593 g/mol. The monoisotopic (exact) mass is 628 g/mol. The summed E-state index contributed by atoms with van der Waals surface area (Å²) in [5, 5.41) is 0. The van der Waals surface area contributed by atoms with Crippen LogP contribution in [0.2, 0.25) is 0 Å². The molecule has 45 heavy (non-hydrogen) atoms. The van der Waals surface area contributed by atoms with Gasteiger partial charge in [0.25, 0.3) is 0 Å². The molecule has 240 valence electrons. The number of rotatable bonds is 16. The zero-order chi connectivity index (χ0) is 32.7.